The van der Waals surface area contributed by atoms with Gasteiger partial charge in [-0.15, -0.1) is 0 Å². The summed E-state index contributed by atoms with van der Waals surface area (Å²) in [6.07, 6.45) is 0. The molecule has 0 aromatic carbocycles. The average molecular weight is 132 g/mol. The van der Waals surface area contributed by atoms with Crippen molar-refractivity contribution in [1.82, 2.24) is 5.32 Å². The molecule has 0 spiro atoms. The van der Waals surface area contributed by atoms with Crippen LogP contribution in [0.5, 0.6) is 0 Å². The highest BCUT2D eigenvalue weighted by Crippen LogP contribution is 1.65. The Bertz CT molecular complexity index is 234. The quantitative estimate of drug-likeness (QED) is 0.502. The van der Waals surface area contributed by atoms with E-state index in [4.69, 9.17) is 9.22 Å². The van der Waals surface area contributed by atoms with Crippen LogP contribution in [0.4, 0.5) is 0 Å². The number of hydrogen-bond acceptors (Lipinski definition) is 2. The first-order valence-corrected chi connectivity index (χ1v) is 2.09. The minimum absolute atomic E-state index is 0.617. The van der Waals surface area contributed by atoms with E-state index in [0.717, 1.165) is 0 Å². The lowest BCUT2D eigenvalue weighted by Crippen LogP contribution is -2.27. The van der Waals surface area contributed by atoms with Gasteiger partial charge in [0.25, 0.3) is 0 Å². The molecule has 0 aliphatic rings. The Morgan fingerprint density at radius 2 is 2.67 bits per heavy atom. The third-order valence-corrected chi connectivity index (χ3v) is 0.514. The summed E-state index contributed by atoms with van der Waals surface area (Å²) in [6.45, 7) is -1.56. The van der Waals surface area contributed by atoms with Crippen molar-refractivity contribution in [2.24, 2.45) is 0 Å². The Balaban J connectivity index is 4.07. The molecule has 9 heavy (non-hydrogen) atoms. The highest BCUT2D eigenvalue weighted by atomic mass is 16.4. The number of carbonyl (C=O) groups is 2. The van der Waals surface area contributed by atoms with Crippen molar-refractivity contribution in [2.75, 3.05) is 6.54 Å². The second-order valence-electron chi connectivity index (χ2n) is 1.20. The highest BCUT2D eigenvalue weighted by Gasteiger charge is 1.96. The van der Waals surface area contributed by atoms with Crippen LogP contribution in [-0.4, -0.2) is 23.5 Å². The molecule has 0 saturated heterocycles. The van der Waals surface area contributed by atoms with Gasteiger partial charge in [0, 0.05) is 0 Å². The molecule has 0 rings (SSSR count). The molecule has 0 atom stereocenters. The number of aliphatic carboxylic acids is 1. The molecule has 50 valence electrons. The van der Waals surface area contributed by atoms with Gasteiger partial charge in [-0.3, -0.25) is 9.59 Å². The molecular weight excluding hydrogens is 122 g/mol. The Hall–Kier alpha value is -1.32. The van der Waals surface area contributed by atoms with E-state index in [1.807, 2.05) is 5.32 Å². The van der Waals surface area contributed by atoms with Crippen molar-refractivity contribution in [1.29, 1.82) is 0 Å². The molecule has 0 bridgehead atoms. The summed E-state index contributed by atoms with van der Waals surface area (Å²) >= 11 is 0. The van der Waals surface area contributed by atoms with E-state index in [2.05, 4.69) is 0 Å². The highest BCUT2D eigenvalue weighted by molar-refractivity contribution is 5.89. The first kappa shape index (κ1) is 3.66. The minimum Gasteiger partial charge on any atom is -0.480 e. The molecule has 0 aromatic heterocycles. The van der Waals surface area contributed by atoms with Crippen LogP contribution in [0.25, 0.3) is 0 Å². The summed E-state index contributed by atoms with van der Waals surface area (Å²) in [5, 5.41) is 9.94. The van der Waals surface area contributed by atoms with Crippen LogP contribution in [0.3, 0.4) is 0 Å². The lowest BCUT2D eigenvalue weighted by molar-refractivity contribution is -0.137. The monoisotopic (exact) mass is 132 g/mol. The van der Waals surface area contributed by atoms with Gasteiger partial charge in [-0.05, 0) is 6.05 Å². The first-order chi connectivity index (χ1) is 5.45. The van der Waals surface area contributed by atoms with Gasteiger partial charge in [0.05, 0.1) is 4.11 Å². The van der Waals surface area contributed by atoms with Crippen LogP contribution in [0.15, 0.2) is 12.6 Å². The van der Waals surface area contributed by atoms with Crippen LogP contribution in [0, 0.1) is 0 Å². The molecule has 0 unspecified atom stereocenters. The minimum atomic E-state index is -1.24. The second kappa shape index (κ2) is 3.65. The van der Waals surface area contributed by atoms with Crippen LogP contribution in [0.1, 0.15) is 4.11 Å². The van der Waals surface area contributed by atoms with Crippen molar-refractivity contribution in [3.05, 3.63) is 12.6 Å². The molecule has 0 aromatic rings. The van der Waals surface area contributed by atoms with Crippen molar-refractivity contribution in [3.8, 4) is 0 Å². The van der Waals surface area contributed by atoms with Crippen molar-refractivity contribution < 1.29 is 18.8 Å². The number of carbonyl (C=O) groups excluding carboxylic acids is 1. The molecule has 0 fully saturated rings. The zero-order chi connectivity index (χ0) is 9.72. The molecule has 0 saturated carbocycles. The van der Waals surface area contributed by atoms with Crippen molar-refractivity contribution >= 4 is 11.9 Å². The van der Waals surface area contributed by atoms with Crippen LogP contribution < -0.4 is 5.32 Å². The number of carboxylic acids is 1. The molecular formula is C5H7NO3. The first-order valence-electron chi connectivity index (χ1n) is 3.59. The van der Waals surface area contributed by atoms with E-state index in [1.54, 1.807) is 0 Å². The molecule has 4 heteroatoms. The van der Waals surface area contributed by atoms with Gasteiger partial charge in [-0.2, -0.15) is 0 Å². The second-order valence-corrected chi connectivity index (χ2v) is 1.20. The Labute approximate surface area is 56.4 Å². The average Bonchev–Trinajstić information content (AvgIpc) is 1.98. The van der Waals surface area contributed by atoms with Crippen LogP contribution >= 0.6 is 0 Å². The van der Waals surface area contributed by atoms with Gasteiger partial charge >= 0.3 is 5.97 Å². The van der Waals surface area contributed by atoms with Gasteiger partial charge in [-0.25, -0.2) is 0 Å². The number of hydrogen-bond donors (Lipinski definition) is 2. The van der Waals surface area contributed by atoms with Gasteiger partial charge in [0.1, 0.15) is 6.54 Å². The molecule has 0 aliphatic carbocycles. The maximum atomic E-state index is 10.6. The zero-order valence-electron chi connectivity index (χ0n) is 7.47. The predicted octanol–water partition coefficient (Wildman–Crippen LogP) is -0.627. The summed E-state index contributed by atoms with van der Waals surface area (Å²) in [6, 6.07) is -0.851. The van der Waals surface area contributed by atoms with Gasteiger partial charge in [0.15, 0.2) is 0 Å². The lowest BCUT2D eigenvalue weighted by atomic mass is 10.5. The SMILES string of the molecule is [2H]C([2H])=C([2H])C(=O)NCC(=O)O. The van der Waals surface area contributed by atoms with E-state index in [9.17, 15) is 9.59 Å². The largest absolute Gasteiger partial charge is 0.480 e. The van der Waals surface area contributed by atoms with Gasteiger partial charge in [0.2, 0.25) is 5.91 Å². The number of rotatable bonds is 3. The maximum Gasteiger partial charge on any atom is 0.322 e. The molecule has 2 N–H and O–H groups in total. The summed E-state index contributed by atoms with van der Waals surface area (Å²) in [5.74, 6) is -2.27. The summed E-state index contributed by atoms with van der Waals surface area (Å²) in [4.78, 5) is 20.5. The number of nitrogens with one attached hydrogen (secondary N) is 1. The summed E-state index contributed by atoms with van der Waals surface area (Å²) in [5.41, 5.74) is 0. The molecule has 4 nitrogen and oxygen atoms in total. The molecule has 0 radical (unpaired) electrons. The molecule has 1 amide bonds. The fourth-order valence-corrected chi connectivity index (χ4v) is 0.200. The van der Waals surface area contributed by atoms with E-state index >= 15 is 0 Å². The zero-order valence-corrected chi connectivity index (χ0v) is 4.47. The van der Waals surface area contributed by atoms with Crippen LogP contribution in [0.2, 0.25) is 0 Å². The standard InChI is InChI=1S/C5H7NO3/c1-2-4(7)6-3-5(8)9/h2H,1,3H2,(H,6,7)(H,8,9)/i1D2,2D. The predicted molar refractivity (Wildman–Crippen MR) is 30.8 cm³/mol. The van der Waals surface area contributed by atoms with Gasteiger partial charge < -0.3 is 10.4 Å². The van der Waals surface area contributed by atoms with E-state index in [1.165, 1.54) is 0 Å². The van der Waals surface area contributed by atoms with Crippen molar-refractivity contribution in [2.45, 2.75) is 0 Å². The van der Waals surface area contributed by atoms with E-state index in [0.29, 0.717) is 0 Å². The Morgan fingerprint density at radius 1 is 2.00 bits per heavy atom. The summed E-state index contributed by atoms with van der Waals surface area (Å²) in [7, 11) is 0. The Kier molecular flexibility index (Phi) is 1.48. The summed E-state index contributed by atoms with van der Waals surface area (Å²) < 4.78 is 19.9. The van der Waals surface area contributed by atoms with Crippen molar-refractivity contribution in [3.63, 3.8) is 0 Å². The number of amides is 1. The van der Waals surface area contributed by atoms with Gasteiger partial charge in [-0.1, -0.05) is 6.53 Å². The van der Waals surface area contributed by atoms with E-state index in [-0.39, 0.29) is 0 Å². The van der Waals surface area contributed by atoms with E-state index < -0.39 is 31.0 Å². The third-order valence-electron chi connectivity index (χ3n) is 0.514. The molecule has 0 aliphatic heterocycles. The smallest absolute Gasteiger partial charge is 0.322 e. The fraction of sp³-hybridized carbons (Fsp3) is 0.200. The normalized spacial score (nSPS) is 12.2. The Morgan fingerprint density at radius 3 is 3.11 bits per heavy atom. The topological polar surface area (TPSA) is 66.4 Å². The van der Waals surface area contributed by atoms with Crippen LogP contribution in [-0.2, 0) is 9.59 Å². The maximum absolute atomic E-state index is 10.6. The fourth-order valence-electron chi connectivity index (χ4n) is 0.200. The number of carboxylic acid groups (broad SMARTS) is 1. The lowest BCUT2D eigenvalue weighted by Gasteiger charge is -1.93. The molecule has 0 heterocycles. The third kappa shape index (κ3) is 4.53.